The number of hydrogen-bond donors (Lipinski definition) is 2. The first kappa shape index (κ1) is 10.7. The Kier molecular flexibility index (Phi) is 2.61. The molecule has 1 aromatic rings. The van der Waals surface area contributed by atoms with Crippen LogP contribution in [0.5, 0.6) is 11.5 Å². The number of aromatic hydroxyl groups is 1. The zero-order valence-corrected chi connectivity index (χ0v) is 7.23. The molecule has 0 bridgehead atoms. The number of nitrogens with two attached hydrogens (primary N) is 1. The summed E-state index contributed by atoms with van der Waals surface area (Å²) in [5, 5.41) is 8.63. The van der Waals surface area contributed by atoms with E-state index in [-0.39, 0.29) is 0 Å². The topological polar surface area (TPSA) is 68.4 Å². The lowest BCUT2D eigenvalue weighted by Crippen LogP contribution is -2.18. The molecule has 0 atom stereocenters. The summed E-state index contributed by atoms with van der Waals surface area (Å²) in [4.78, 5) is 3.23. The Labute approximate surface area is 81.1 Å². The number of alkyl halides is 3. The summed E-state index contributed by atoms with van der Waals surface area (Å²) < 4.78 is 38.7. The molecular weight excluding hydrogens is 225 g/mol. The highest BCUT2D eigenvalue weighted by atomic mass is 35.5. The highest BCUT2D eigenvalue weighted by Crippen LogP contribution is 2.37. The molecule has 0 unspecified atom stereocenters. The molecule has 4 nitrogen and oxygen atoms in total. The molecule has 0 saturated carbocycles. The van der Waals surface area contributed by atoms with Gasteiger partial charge in [0.2, 0.25) is 0 Å². The number of pyridine rings is 1. The highest BCUT2D eigenvalue weighted by molar-refractivity contribution is 6.31. The van der Waals surface area contributed by atoms with Crippen molar-refractivity contribution < 1.29 is 23.0 Å². The lowest BCUT2D eigenvalue weighted by Gasteiger charge is -2.11. The fourth-order valence-corrected chi connectivity index (χ4v) is 0.830. The summed E-state index contributed by atoms with van der Waals surface area (Å²) in [5.41, 5.74) is 4.48. The molecule has 8 heteroatoms. The highest BCUT2D eigenvalue weighted by Gasteiger charge is 2.32. The van der Waals surface area contributed by atoms with Crippen LogP contribution >= 0.6 is 11.6 Å². The first-order valence-corrected chi connectivity index (χ1v) is 3.57. The van der Waals surface area contributed by atoms with Crippen molar-refractivity contribution in [2.24, 2.45) is 0 Å². The second kappa shape index (κ2) is 3.41. The first-order chi connectivity index (χ1) is 6.31. The van der Waals surface area contributed by atoms with Crippen molar-refractivity contribution in [1.29, 1.82) is 0 Å². The largest absolute Gasteiger partial charge is 0.573 e. The van der Waals surface area contributed by atoms with E-state index in [1.165, 1.54) is 0 Å². The average molecular weight is 229 g/mol. The molecule has 0 aromatic carbocycles. The molecule has 0 amide bonds. The third kappa shape index (κ3) is 2.32. The fourth-order valence-electron chi connectivity index (χ4n) is 0.680. The fraction of sp³-hybridized carbons (Fsp3) is 0.167. The molecule has 0 saturated heterocycles. The number of halogens is 4. The van der Waals surface area contributed by atoms with Crippen molar-refractivity contribution in [2.45, 2.75) is 6.36 Å². The van der Waals surface area contributed by atoms with Gasteiger partial charge >= 0.3 is 6.36 Å². The minimum atomic E-state index is -4.89. The number of hydrogen-bond acceptors (Lipinski definition) is 4. The molecule has 0 aliphatic heterocycles. The van der Waals surface area contributed by atoms with E-state index < -0.39 is 28.7 Å². The van der Waals surface area contributed by atoms with Gasteiger partial charge < -0.3 is 15.6 Å². The molecule has 3 N–H and O–H groups in total. The van der Waals surface area contributed by atoms with Crippen LogP contribution in [0.1, 0.15) is 0 Å². The molecule has 0 radical (unpaired) electrons. The number of ether oxygens (including phenoxy) is 1. The third-order valence-electron chi connectivity index (χ3n) is 1.24. The molecule has 0 spiro atoms. The lowest BCUT2D eigenvalue weighted by molar-refractivity contribution is -0.274. The van der Waals surface area contributed by atoms with E-state index in [9.17, 15) is 13.2 Å². The number of nitrogens with zero attached hydrogens (tertiary/aromatic N) is 1. The molecule has 0 aliphatic rings. The van der Waals surface area contributed by atoms with E-state index in [4.69, 9.17) is 22.4 Å². The minimum Gasteiger partial charge on any atom is -0.503 e. The van der Waals surface area contributed by atoms with Crippen molar-refractivity contribution in [3.05, 3.63) is 11.3 Å². The Morgan fingerprint density at radius 3 is 2.57 bits per heavy atom. The molecule has 0 fully saturated rings. The van der Waals surface area contributed by atoms with Crippen LogP contribution in [0.4, 0.5) is 18.9 Å². The van der Waals surface area contributed by atoms with Crippen LogP contribution in [0.3, 0.4) is 0 Å². The number of rotatable bonds is 1. The van der Waals surface area contributed by atoms with E-state index in [1.54, 1.807) is 0 Å². The van der Waals surface area contributed by atoms with Gasteiger partial charge in [0.15, 0.2) is 16.7 Å². The maximum atomic E-state index is 11.7. The van der Waals surface area contributed by atoms with E-state index >= 15 is 0 Å². The van der Waals surface area contributed by atoms with Gasteiger partial charge in [0.05, 0.1) is 6.20 Å². The summed E-state index contributed by atoms with van der Waals surface area (Å²) in [6, 6.07) is 0. The van der Waals surface area contributed by atoms with Crippen LogP contribution in [0, 0.1) is 0 Å². The summed E-state index contributed by atoms with van der Waals surface area (Å²) >= 11 is 5.28. The zero-order valence-electron chi connectivity index (χ0n) is 6.47. The number of nitrogen functional groups attached to an aromatic ring is 1. The Bertz CT molecular complexity index is 356. The van der Waals surface area contributed by atoms with E-state index in [1.807, 2.05) is 0 Å². The Hall–Kier alpha value is -1.37. The quantitative estimate of drug-likeness (QED) is 0.721. The summed E-state index contributed by atoms with van der Waals surface area (Å²) in [7, 11) is 0. The van der Waals surface area contributed by atoms with E-state index in [0.29, 0.717) is 6.20 Å². The SMILES string of the molecule is Nc1c(OC(F)(F)F)cnc(Cl)c1O. The summed E-state index contributed by atoms with van der Waals surface area (Å²) in [5.74, 6) is -1.53. The van der Waals surface area contributed by atoms with Crippen LogP contribution < -0.4 is 10.5 Å². The molecule has 1 rings (SSSR count). The van der Waals surface area contributed by atoms with Crippen LogP contribution in [0.25, 0.3) is 0 Å². The summed E-state index contributed by atoms with van der Waals surface area (Å²) in [6.45, 7) is 0. The van der Waals surface area contributed by atoms with E-state index in [2.05, 4.69) is 9.72 Å². The lowest BCUT2D eigenvalue weighted by atomic mass is 10.3. The molecule has 0 aliphatic carbocycles. The predicted octanol–water partition coefficient (Wildman–Crippen LogP) is 1.92. The van der Waals surface area contributed by atoms with Gasteiger partial charge in [0.25, 0.3) is 0 Å². The van der Waals surface area contributed by atoms with Crippen molar-refractivity contribution in [2.75, 3.05) is 5.73 Å². The second-order valence-corrected chi connectivity index (χ2v) is 2.58. The monoisotopic (exact) mass is 228 g/mol. The molecule has 1 aromatic heterocycles. The minimum absolute atomic E-state index is 0.392. The Morgan fingerprint density at radius 2 is 2.07 bits per heavy atom. The maximum absolute atomic E-state index is 11.7. The van der Waals surface area contributed by atoms with Gasteiger partial charge in [0.1, 0.15) is 5.69 Å². The van der Waals surface area contributed by atoms with Gasteiger partial charge in [-0.3, -0.25) is 0 Å². The Balaban J connectivity index is 3.06. The smallest absolute Gasteiger partial charge is 0.503 e. The molecular formula is C6H4ClF3N2O2. The Morgan fingerprint density at radius 1 is 1.50 bits per heavy atom. The van der Waals surface area contributed by atoms with Crippen molar-refractivity contribution >= 4 is 17.3 Å². The van der Waals surface area contributed by atoms with Gasteiger partial charge in [-0.1, -0.05) is 11.6 Å². The summed E-state index contributed by atoms with van der Waals surface area (Å²) in [6.07, 6.45) is -4.22. The van der Waals surface area contributed by atoms with Crippen LogP contribution in [0.15, 0.2) is 6.20 Å². The normalized spacial score (nSPS) is 11.4. The average Bonchev–Trinajstić information content (AvgIpc) is 2.04. The third-order valence-corrected chi connectivity index (χ3v) is 1.51. The van der Waals surface area contributed by atoms with E-state index in [0.717, 1.165) is 0 Å². The van der Waals surface area contributed by atoms with Crippen molar-refractivity contribution in [3.63, 3.8) is 0 Å². The van der Waals surface area contributed by atoms with Gasteiger partial charge in [-0.25, -0.2) is 4.98 Å². The predicted molar refractivity (Wildman–Crippen MR) is 42.0 cm³/mol. The van der Waals surface area contributed by atoms with Gasteiger partial charge in [0, 0.05) is 0 Å². The first-order valence-electron chi connectivity index (χ1n) is 3.20. The molecule has 78 valence electrons. The zero-order chi connectivity index (χ0) is 10.9. The number of aromatic nitrogens is 1. The van der Waals surface area contributed by atoms with Gasteiger partial charge in [-0.05, 0) is 0 Å². The van der Waals surface area contributed by atoms with Crippen LogP contribution in [-0.4, -0.2) is 16.5 Å². The molecule has 1 heterocycles. The maximum Gasteiger partial charge on any atom is 0.573 e. The standard InChI is InChI=1S/C6H4ClF3N2O2/c7-5-4(13)3(11)2(1-12-5)14-6(8,9)10/h1,13H,(H2,11,12). The second-order valence-electron chi connectivity index (χ2n) is 2.22. The van der Waals surface area contributed by atoms with Gasteiger partial charge in [-0.2, -0.15) is 0 Å². The van der Waals surface area contributed by atoms with Crippen molar-refractivity contribution in [3.8, 4) is 11.5 Å². The molecule has 14 heavy (non-hydrogen) atoms. The van der Waals surface area contributed by atoms with Crippen molar-refractivity contribution in [1.82, 2.24) is 4.98 Å². The van der Waals surface area contributed by atoms with Crippen LogP contribution in [0.2, 0.25) is 5.15 Å². The number of anilines is 1. The van der Waals surface area contributed by atoms with Crippen LogP contribution in [-0.2, 0) is 0 Å². The van der Waals surface area contributed by atoms with Gasteiger partial charge in [-0.15, -0.1) is 13.2 Å².